The van der Waals surface area contributed by atoms with Crippen LogP contribution in [0, 0.1) is 5.92 Å². The third-order valence-corrected chi connectivity index (χ3v) is 7.11. The van der Waals surface area contributed by atoms with E-state index in [1.54, 1.807) is 24.3 Å². The van der Waals surface area contributed by atoms with E-state index >= 15 is 0 Å². The van der Waals surface area contributed by atoms with Crippen molar-refractivity contribution in [2.24, 2.45) is 5.92 Å². The summed E-state index contributed by atoms with van der Waals surface area (Å²) in [5, 5.41) is 9.07. The van der Waals surface area contributed by atoms with E-state index in [0.717, 1.165) is 16.5 Å². The van der Waals surface area contributed by atoms with E-state index in [-0.39, 0.29) is 24.4 Å². The fourth-order valence-corrected chi connectivity index (χ4v) is 5.49. The number of aromatic amines is 1. The highest BCUT2D eigenvalue weighted by molar-refractivity contribution is 7.55. The predicted octanol–water partition coefficient (Wildman–Crippen LogP) is 3.33. The average molecular weight is 485 g/mol. The number of amides is 2. The number of carbonyl (C=O) groups excluding carboxylic acids is 2. The summed E-state index contributed by atoms with van der Waals surface area (Å²) in [5.74, 6) is -0.727. The lowest BCUT2D eigenvalue weighted by Crippen LogP contribution is -2.53. The van der Waals surface area contributed by atoms with Crippen molar-refractivity contribution >= 4 is 30.2 Å². The summed E-state index contributed by atoms with van der Waals surface area (Å²) in [5.41, 5.74) is 2.54. The van der Waals surface area contributed by atoms with Crippen molar-refractivity contribution in [3.05, 3.63) is 71.9 Å². The van der Waals surface area contributed by atoms with E-state index in [9.17, 15) is 19.0 Å². The summed E-state index contributed by atoms with van der Waals surface area (Å²) >= 11 is 0. The first kappa shape index (κ1) is 25.7. The van der Waals surface area contributed by atoms with Crippen LogP contribution in [0.5, 0.6) is 0 Å². The SMILES string of the molecule is CNC(=O)[C@H](Cc1c[nH]c2ccccc12)NC(=O)[C@H](CC(C)C)NP(=O)(O)Cc1ccccc1. The van der Waals surface area contributed by atoms with Gasteiger partial charge in [0.05, 0.1) is 12.2 Å². The van der Waals surface area contributed by atoms with Crippen LogP contribution in [0.1, 0.15) is 31.4 Å². The third-order valence-electron chi connectivity index (χ3n) is 5.60. The van der Waals surface area contributed by atoms with Crippen LogP contribution in [0.4, 0.5) is 0 Å². The molecule has 3 aromatic rings. The van der Waals surface area contributed by atoms with Crippen molar-refractivity contribution in [3.8, 4) is 0 Å². The second kappa shape index (κ2) is 11.5. The molecular weight excluding hydrogens is 451 g/mol. The zero-order chi connectivity index (χ0) is 24.7. The second-order valence-electron chi connectivity index (χ2n) is 8.90. The van der Waals surface area contributed by atoms with Crippen molar-refractivity contribution in [1.29, 1.82) is 0 Å². The molecule has 3 rings (SSSR count). The maximum Gasteiger partial charge on any atom is 0.272 e. The minimum atomic E-state index is -3.86. The number of fused-ring (bicyclic) bond motifs is 1. The molecule has 1 unspecified atom stereocenters. The summed E-state index contributed by atoms with van der Waals surface area (Å²) in [7, 11) is -2.34. The second-order valence-corrected chi connectivity index (χ2v) is 10.9. The van der Waals surface area contributed by atoms with Crippen molar-refractivity contribution < 1.29 is 19.0 Å². The largest absolute Gasteiger partial charge is 0.361 e. The van der Waals surface area contributed by atoms with Crippen LogP contribution < -0.4 is 15.7 Å². The quantitative estimate of drug-likeness (QED) is 0.267. The zero-order valence-electron chi connectivity index (χ0n) is 19.7. The number of aromatic nitrogens is 1. The minimum absolute atomic E-state index is 0.0899. The van der Waals surface area contributed by atoms with E-state index in [1.165, 1.54) is 7.05 Å². The Morgan fingerprint density at radius 1 is 1.00 bits per heavy atom. The Kier molecular flexibility index (Phi) is 8.67. The molecule has 0 radical (unpaired) electrons. The fourth-order valence-electron chi connectivity index (χ4n) is 3.99. The van der Waals surface area contributed by atoms with Crippen LogP contribution in [0.25, 0.3) is 10.9 Å². The molecule has 0 aliphatic heterocycles. The third kappa shape index (κ3) is 7.03. The Bertz CT molecular complexity index is 1160. The fraction of sp³-hybridized carbons (Fsp3) is 0.360. The highest BCUT2D eigenvalue weighted by atomic mass is 31.2. The molecule has 34 heavy (non-hydrogen) atoms. The lowest BCUT2D eigenvalue weighted by atomic mass is 10.0. The Morgan fingerprint density at radius 2 is 1.68 bits per heavy atom. The van der Waals surface area contributed by atoms with Gasteiger partial charge in [-0.2, -0.15) is 0 Å². The van der Waals surface area contributed by atoms with Crippen molar-refractivity contribution in [2.45, 2.75) is 44.9 Å². The van der Waals surface area contributed by atoms with Crippen molar-refractivity contribution in [3.63, 3.8) is 0 Å². The number of hydrogen-bond donors (Lipinski definition) is 5. The molecule has 0 spiro atoms. The molecule has 0 aliphatic rings. The number of carbonyl (C=O) groups is 2. The first-order chi connectivity index (χ1) is 16.2. The molecule has 2 aromatic carbocycles. The van der Waals surface area contributed by atoms with E-state index in [1.807, 2.05) is 50.4 Å². The molecule has 0 bridgehead atoms. The van der Waals surface area contributed by atoms with Crippen molar-refractivity contribution in [1.82, 2.24) is 20.7 Å². The lowest BCUT2D eigenvalue weighted by Gasteiger charge is -2.26. The maximum absolute atomic E-state index is 13.2. The molecule has 0 fully saturated rings. The summed E-state index contributed by atoms with van der Waals surface area (Å²) in [6, 6.07) is 15.0. The van der Waals surface area contributed by atoms with E-state index in [0.29, 0.717) is 12.0 Å². The molecule has 3 atom stereocenters. The topological polar surface area (TPSA) is 123 Å². The molecule has 5 N–H and O–H groups in total. The highest BCUT2D eigenvalue weighted by Gasteiger charge is 2.31. The van der Waals surface area contributed by atoms with Gasteiger partial charge in [0.2, 0.25) is 11.8 Å². The average Bonchev–Trinajstić information content (AvgIpc) is 3.20. The molecule has 0 aliphatic carbocycles. The Labute approximate surface area is 200 Å². The normalized spacial score (nSPS) is 15.0. The molecule has 0 saturated heterocycles. The number of rotatable bonds is 11. The van der Waals surface area contributed by atoms with Crippen LogP contribution in [0.15, 0.2) is 60.8 Å². The number of H-pyrrole nitrogens is 1. The first-order valence-electron chi connectivity index (χ1n) is 11.4. The van der Waals surface area contributed by atoms with Gasteiger partial charge in [-0.25, -0.2) is 5.09 Å². The smallest absolute Gasteiger partial charge is 0.272 e. The van der Waals surface area contributed by atoms with Gasteiger partial charge < -0.3 is 20.5 Å². The Balaban J connectivity index is 1.76. The van der Waals surface area contributed by atoms with Gasteiger partial charge >= 0.3 is 0 Å². The molecule has 9 heteroatoms. The lowest BCUT2D eigenvalue weighted by molar-refractivity contribution is -0.129. The molecule has 8 nitrogen and oxygen atoms in total. The summed E-state index contributed by atoms with van der Waals surface area (Å²) in [6.07, 6.45) is 2.37. The van der Waals surface area contributed by atoms with E-state index in [2.05, 4.69) is 20.7 Å². The van der Waals surface area contributed by atoms with Gasteiger partial charge in [-0.15, -0.1) is 0 Å². The highest BCUT2D eigenvalue weighted by Crippen LogP contribution is 2.41. The summed E-state index contributed by atoms with van der Waals surface area (Å²) in [4.78, 5) is 39.6. The van der Waals surface area contributed by atoms with E-state index in [4.69, 9.17) is 0 Å². The van der Waals surface area contributed by atoms with Crippen LogP contribution in [0.2, 0.25) is 0 Å². The molecule has 1 heterocycles. The van der Waals surface area contributed by atoms with Gasteiger partial charge in [-0.1, -0.05) is 62.4 Å². The van der Waals surface area contributed by atoms with Crippen LogP contribution >= 0.6 is 7.52 Å². The number of benzene rings is 2. The van der Waals surface area contributed by atoms with Crippen molar-refractivity contribution in [2.75, 3.05) is 7.05 Å². The molecule has 182 valence electrons. The van der Waals surface area contributed by atoms with E-state index < -0.39 is 25.5 Å². The molecular formula is C25H33N4O4P. The first-order valence-corrected chi connectivity index (χ1v) is 13.2. The van der Waals surface area contributed by atoms with Crippen LogP contribution in [-0.4, -0.2) is 40.8 Å². The number of likely N-dealkylation sites (N-methyl/N-ethyl adjacent to an activating group) is 1. The zero-order valence-corrected chi connectivity index (χ0v) is 20.6. The Morgan fingerprint density at radius 3 is 2.35 bits per heavy atom. The summed E-state index contributed by atoms with van der Waals surface area (Å²) < 4.78 is 12.9. The molecule has 2 amide bonds. The van der Waals surface area contributed by atoms with Gasteiger partial charge in [-0.05, 0) is 29.5 Å². The van der Waals surface area contributed by atoms with Crippen LogP contribution in [-0.2, 0) is 26.7 Å². The number of para-hydroxylation sites is 1. The predicted molar refractivity (Wildman–Crippen MR) is 134 cm³/mol. The molecule has 0 saturated carbocycles. The van der Waals surface area contributed by atoms with Gasteiger partial charge in [0.15, 0.2) is 0 Å². The molecule has 1 aromatic heterocycles. The van der Waals surface area contributed by atoms with Gasteiger partial charge in [0.1, 0.15) is 6.04 Å². The summed E-state index contributed by atoms with van der Waals surface area (Å²) in [6.45, 7) is 3.87. The monoisotopic (exact) mass is 484 g/mol. The van der Waals surface area contributed by atoms with Crippen LogP contribution in [0.3, 0.4) is 0 Å². The van der Waals surface area contributed by atoms with Gasteiger partial charge in [0.25, 0.3) is 7.52 Å². The van der Waals surface area contributed by atoms with Gasteiger partial charge in [-0.3, -0.25) is 14.2 Å². The number of nitrogens with one attached hydrogen (secondary N) is 4. The standard InChI is InChI=1S/C25H33N4O4P/c1-17(2)13-23(29-34(32,33)16-18-9-5-4-6-10-18)25(31)28-22(24(30)26-3)14-19-15-27-21-12-8-7-11-20(19)21/h4-12,15,17,22-23,27H,13-14,16H2,1-3H3,(H,26,30)(H,28,31)(H2,29,32,33)/t22-,23-/m0/s1. The Hall–Kier alpha value is -2.93. The van der Waals surface area contributed by atoms with Gasteiger partial charge in [0, 0.05) is 30.6 Å². The minimum Gasteiger partial charge on any atom is -0.361 e. The number of hydrogen-bond acceptors (Lipinski definition) is 3. The maximum atomic E-state index is 13.2.